The third-order valence-corrected chi connectivity index (χ3v) is 7.51. The topological polar surface area (TPSA) is 58.4 Å². The Morgan fingerprint density at radius 3 is 2.72 bits per heavy atom. The fraction of sp³-hybridized carbons (Fsp3) is 0.400. The van der Waals surface area contributed by atoms with E-state index in [1.54, 1.807) is 0 Å². The first-order valence-electron chi connectivity index (χ1n) is 11.4. The number of imidazole rings is 1. The van der Waals surface area contributed by atoms with Gasteiger partial charge >= 0.3 is 0 Å². The van der Waals surface area contributed by atoms with Crippen LogP contribution in [0.1, 0.15) is 31.7 Å². The highest BCUT2D eigenvalue weighted by Crippen LogP contribution is 2.30. The molecule has 7 heteroatoms. The van der Waals surface area contributed by atoms with Gasteiger partial charge < -0.3 is 14.4 Å². The number of likely N-dealkylation sites (tertiary alicyclic amines) is 1. The lowest BCUT2D eigenvalue weighted by atomic mass is 10.0. The molecular weight excluding hydrogens is 420 g/mol. The lowest BCUT2D eigenvalue weighted by molar-refractivity contribution is -0.131. The largest absolute Gasteiger partial charge is 0.339 e. The van der Waals surface area contributed by atoms with E-state index in [0.717, 1.165) is 47.7 Å². The molecule has 0 radical (unpaired) electrons. The summed E-state index contributed by atoms with van der Waals surface area (Å²) in [6, 6.07) is 16.3. The lowest BCUT2D eigenvalue weighted by Crippen LogP contribution is -2.43. The standard InChI is InChI=1S/C25H28N4O2S/c1-18-8-6-7-14-27(18)24(31)17-32-25-26-20-10-3-5-12-22(20)29(25)16-23(30)28-15-13-19-9-2-4-11-21(19)28/h2-5,9-12,18H,6-8,13-17H2,1H3/t18-/m0/s1. The number of carbonyl (C=O) groups excluding carboxylic acids is 2. The number of carbonyl (C=O) groups is 2. The van der Waals surface area contributed by atoms with Gasteiger partial charge in [0.1, 0.15) is 6.54 Å². The predicted molar refractivity (Wildman–Crippen MR) is 128 cm³/mol. The summed E-state index contributed by atoms with van der Waals surface area (Å²) < 4.78 is 1.97. The van der Waals surface area contributed by atoms with Gasteiger partial charge in [0.15, 0.2) is 5.16 Å². The summed E-state index contributed by atoms with van der Waals surface area (Å²) in [6.45, 7) is 3.89. The fourth-order valence-corrected chi connectivity index (χ4v) is 5.71. The van der Waals surface area contributed by atoms with Crippen LogP contribution < -0.4 is 4.90 Å². The number of thioether (sulfide) groups is 1. The molecule has 2 aliphatic heterocycles. The number of fused-ring (bicyclic) bond motifs is 2. The van der Waals surface area contributed by atoms with E-state index in [9.17, 15) is 9.59 Å². The second kappa shape index (κ2) is 8.98. The zero-order chi connectivity index (χ0) is 22.1. The van der Waals surface area contributed by atoms with E-state index in [2.05, 4.69) is 13.0 Å². The molecule has 5 rings (SSSR count). The number of piperidine rings is 1. The van der Waals surface area contributed by atoms with Gasteiger partial charge in [-0.25, -0.2) is 4.98 Å². The van der Waals surface area contributed by atoms with Crippen LogP contribution in [0.3, 0.4) is 0 Å². The number of hydrogen-bond acceptors (Lipinski definition) is 4. The van der Waals surface area contributed by atoms with E-state index in [0.29, 0.717) is 18.3 Å². The van der Waals surface area contributed by atoms with Gasteiger partial charge in [-0.1, -0.05) is 42.1 Å². The maximum Gasteiger partial charge on any atom is 0.247 e. The highest BCUT2D eigenvalue weighted by atomic mass is 32.2. The lowest BCUT2D eigenvalue weighted by Gasteiger charge is -2.33. The van der Waals surface area contributed by atoms with Crippen molar-refractivity contribution in [2.75, 3.05) is 23.7 Å². The molecule has 0 N–H and O–H groups in total. The molecule has 0 bridgehead atoms. The molecule has 166 valence electrons. The van der Waals surface area contributed by atoms with Gasteiger partial charge in [0.05, 0.1) is 16.8 Å². The van der Waals surface area contributed by atoms with Crippen molar-refractivity contribution in [2.45, 2.75) is 50.4 Å². The Kier molecular flexibility index (Phi) is 5.91. The van der Waals surface area contributed by atoms with E-state index >= 15 is 0 Å². The van der Waals surface area contributed by atoms with Crippen molar-refractivity contribution in [3.05, 3.63) is 54.1 Å². The van der Waals surface area contributed by atoms with E-state index in [1.165, 1.54) is 23.7 Å². The van der Waals surface area contributed by atoms with Crippen molar-refractivity contribution in [1.29, 1.82) is 0 Å². The Labute approximate surface area is 192 Å². The van der Waals surface area contributed by atoms with Crippen molar-refractivity contribution in [3.63, 3.8) is 0 Å². The maximum atomic E-state index is 13.3. The summed E-state index contributed by atoms with van der Waals surface area (Å²) in [7, 11) is 0. The molecule has 3 heterocycles. The molecule has 0 saturated carbocycles. The molecular formula is C25H28N4O2S. The summed E-state index contributed by atoms with van der Waals surface area (Å²) in [5, 5.41) is 0.727. The number of hydrogen-bond donors (Lipinski definition) is 0. The predicted octanol–water partition coefficient (Wildman–Crippen LogP) is 4.12. The van der Waals surface area contributed by atoms with Crippen LogP contribution in [0.4, 0.5) is 5.69 Å². The Balaban J connectivity index is 1.36. The summed E-state index contributed by atoms with van der Waals surface area (Å²) in [5.41, 5.74) is 4.00. The van der Waals surface area contributed by atoms with E-state index in [-0.39, 0.29) is 18.4 Å². The Morgan fingerprint density at radius 1 is 1.03 bits per heavy atom. The molecule has 0 aliphatic carbocycles. The molecule has 1 fully saturated rings. The molecule has 1 aromatic heterocycles. The summed E-state index contributed by atoms with van der Waals surface area (Å²) >= 11 is 1.44. The molecule has 0 spiro atoms. The first kappa shape index (κ1) is 21.1. The zero-order valence-electron chi connectivity index (χ0n) is 18.4. The monoisotopic (exact) mass is 448 g/mol. The molecule has 1 atom stereocenters. The Morgan fingerprint density at radius 2 is 1.84 bits per heavy atom. The van der Waals surface area contributed by atoms with Gasteiger partial charge in [0.2, 0.25) is 11.8 Å². The molecule has 6 nitrogen and oxygen atoms in total. The summed E-state index contributed by atoms with van der Waals surface area (Å²) in [5.74, 6) is 0.547. The van der Waals surface area contributed by atoms with E-state index in [1.807, 2.05) is 56.8 Å². The fourth-order valence-electron chi connectivity index (χ4n) is 4.81. The second-order valence-corrected chi connectivity index (χ2v) is 9.56. The van der Waals surface area contributed by atoms with Crippen LogP contribution in [0, 0.1) is 0 Å². The zero-order valence-corrected chi connectivity index (χ0v) is 19.2. The first-order chi connectivity index (χ1) is 15.6. The normalized spacial score (nSPS) is 18.2. The van der Waals surface area contributed by atoms with Gasteiger partial charge in [0.25, 0.3) is 0 Å². The highest BCUT2D eigenvalue weighted by molar-refractivity contribution is 7.99. The van der Waals surface area contributed by atoms with Crippen molar-refractivity contribution in [1.82, 2.24) is 14.5 Å². The van der Waals surface area contributed by atoms with Crippen molar-refractivity contribution < 1.29 is 9.59 Å². The molecule has 0 unspecified atom stereocenters. The number of benzene rings is 2. The number of nitrogens with zero attached hydrogens (tertiary/aromatic N) is 4. The third kappa shape index (κ3) is 4.01. The maximum absolute atomic E-state index is 13.3. The van der Waals surface area contributed by atoms with Crippen LogP contribution in [0.5, 0.6) is 0 Å². The SMILES string of the molecule is C[C@H]1CCCCN1C(=O)CSc1nc2ccccc2n1CC(=O)N1CCc2ccccc21. The average molecular weight is 449 g/mol. The van der Waals surface area contributed by atoms with Crippen LogP contribution in [0.25, 0.3) is 11.0 Å². The smallest absolute Gasteiger partial charge is 0.247 e. The molecule has 2 aliphatic rings. The number of rotatable bonds is 5. The van der Waals surface area contributed by atoms with Gasteiger partial charge in [-0.15, -0.1) is 0 Å². The number of aromatic nitrogens is 2. The molecule has 1 saturated heterocycles. The first-order valence-corrected chi connectivity index (χ1v) is 12.4. The Bertz CT molecular complexity index is 1160. The third-order valence-electron chi connectivity index (χ3n) is 6.55. The number of anilines is 1. The van der Waals surface area contributed by atoms with Crippen LogP contribution in [-0.2, 0) is 22.6 Å². The van der Waals surface area contributed by atoms with E-state index in [4.69, 9.17) is 4.98 Å². The van der Waals surface area contributed by atoms with Crippen molar-refractivity contribution in [2.24, 2.45) is 0 Å². The van der Waals surface area contributed by atoms with Crippen LogP contribution >= 0.6 is 11.8 Å². The highest BCUT2D eigenvalue weighted by Gasteiger charge is 2.27. The minimum atomic E-state index is 0.0518. The molecule has 32 heavy (non-hydrogen) atoms. The number of amides is 2. The second-order valence-electron chi connectivity index (χ2n) is 8.61. The molecule has 2 amide bonds. The molecule has 2 aromatic carbocycles. The minimum absolute atomic E-state index is 0.0518. The number of para-hydroxylation sites is 3. The quantitative estimate of drug-likeness (QED) is 0.551. The Hall–Kier alpha value is -2.80. The van der Waals surface area contributed by atoms with Crippen LogP contribution in [-0.4, -0.2) is 51.1 Å². The van der Waals surface area contributed by atoms with Crippen LogP contribution in [0.15, 0.2) is 53.7 Å². The van der Waals surface area contributed by atoms with Gasteiger partial charge in [-0.05, 0) is 56.4 Å². The summed E-state index contributed by atoms with van der Waals surface area (Å²) in [4.78, 5) is 34.8. The van der Waals surface area contributed by atoms with Crippen molar-refractivity contribution in [3.8, 4) is 0 Å². The van der Waals surface area contributed by atoms with Gasteiger partial charge in [0, 0.05) is 24.8 Å². The van der Waals surface area contributed by atoms with Gasteiger partial charge in [-0.2, -0.15) is 0 Å². The minimum Gasteiger partial charge on any atom is -0.339 e. The van der Waals surface area contributed by atoms with E-state index < -0.39 is 0 Å². The summed E-state index contributed by atoms with van der Waals surface area (Å²) in [6.07, 6.45) is 4.22. The van der Waals surface area contributed by atoms with Crippen LogP contribution in [0.2, 0.25) is 0 Å². The van der Waals surface area contributed by atoms with Crippen molar-refractivity contribution >= 4 is 40.3 Å². The van der Waals surface area contributed by atoms with Gasteiger partial charge in [-0.3, -0.25) is 9.59 Å². The average Bonchev–Trinajstić information content (AvgIpc) is 3.39. The molecule has 3 aromatic rings.